The topological polar surface area (TPSA) is 79.3 Å². The molecule has 5 nitrogen and oxygen atoms in total. The quantitative estimate of drug-likeness (QED) is 0.858. The van der Waals surface area contributed by atoms with Crippen LogP contribution >= 0.6 is 23.1 Å². The summed E-state index contributed by atoms with van der Waals surface area (Å²) in [5, 5.41) is 10.5. The average molecular weight is 325 g/mol. The number of carbonyl (C=O) groups is 1. The molecule has 2 heterocycles. The maximum absolute atomic E-state index is 12.2. The molecule has 1 aromatic heterocycles. The second kappa shape index (κ2) is 7.05. The molecule has 2 N–H and O–H groups in total. The first-order valence-corrected chi connectivity index (χ1v) is 8.84. The van der Waals surface area contributed by atoms with Crippen LogP contribution in [0.4, 0.5) is 10.7 Å². The predicted octanol–water partition coefficient (Wildman–Crippen LogP) is 2.71. The van der Waals surface area contributed by atoms with Crippen LogP contribution in [0.1, 0.15) is 35.5 Å². The van der Waals surface area contributed by atoms with Gasteiger partial charge in [0.15, 0.2) is 0 Å². The van der Waals surface area contributed by atoms with E-state index in [0.717, 1.165) is 30.3 Å². The van der Waals surface area contributed by atoms with Gasteiger partial charge in [-0.1, -0.05) is 6.92 Å². The zero-order valence-corrected chi connectivity index (χ0v) is 13.9. The van der Waals surface area contributed by atoms with Crippen LogP contribution in [-0.4, -0.2) is 36.7 Å². The number of hydrogen-bond acceptors (Lipinski definition) is 7. The van der Waals surface area contributed by atoms with E-state index >= 15 is 0 Å². The molecule has 21 heavy (non-hydrogen) atoms. The summed E-state index contributed by atoms with van der Waals surface area (Å²) < 4.78 is 5.10. The number of nitriles is 1. The van der Waals surface area contributed by atoms with Gasteiger partial charge in [-0.05, 0) is 13.3 Å². The summed E-state index contributed by atoms with van der Waals surface area (Å²) in [7, 11) is 0. The molecule has 1 saturated heterocycles. The third kappa shape index (κ3) is 3.27. The molecule has 2 rings (SSSR count). The zero-order valence-electron chi connectivity index (χ0n) is 12.2. The predicted molar refractivity (Wildman–Crippen MR) is 88.2 cm³/mol. The molecule has 0 aliphatic carbocycles. The molecule has 1 unspecified atom stereocenters. The van der Waals surface area contributed by atoms with Crippen molar-refractivity contribution in [2.75, 3.05) is 36.1 Å². The van der Waals surface area contributed by atoms with Gasteiger partial charge in [-0.2, -0.15) is 17.0 Å². The number of anilines is 2. The lowest BCUT2D eigenvalue weighted by molar-refractivity contribution is 0.0529. The minimum absolute atomic E-state index is 0.252. The van der Waals surface area contributed by atoms with Crippen molar-refractivity contribution in [3.63, 3.8) is 0 Å². The molecular weight excluding hydrogens is 306 g/mol. The van der Waals surface area contributed by atoms with Gasteiger partial charge in [0, 0.05) is 24.1 Å². The summed E-state index contributed by atoms with van der Waals surface area (Å²) in [6.45, 7) is 5.95. The van der Waals surface area contributed by atoms with Gasteiger partial charge in [-0.25, -0.2) is 4.79 Å². The Labute approximate surface area is 133 Å². The van der Waals surface area contributed by atoms with Crippen molar-refractivity contribution in [2.45, 2.75) is 25.5 Å². The van der Waals surface area contributed by atoms with Crippen LogP contribution in [0.3, 0.4) is 0 Å². The van der Waals surface area contributed by atoms with E-state index in [2.05, 4.69) is 17.9 Å². The Balaban J connectivity index is 2.38. The molecule has 1 atom stereocenters. The Morgan fingerprint density at radius 3 is 2.95 bits per heavy atom. The summed E-state index contributed by atoms with van der Waals surface area (Å²) in [6.07, 6.45) is 1.09. The second-order valence-electron chi connectivity index (χ2n) is 4.70. The van der Waals surface area contributed by atoms with Crippen molar-refractivity contribution in [2.24, 2.45) is 0 Å². The molecule has 1 aliphatic rings. The molecule has 0 saturated carbocycles. The van der Waals surface area contributed by atoms with Crippen LogP contribution in [0.2, 0.25) is 0 Å². The Morgan fingerprint density at radius 1 is 1.57 bits per heavy atom. The van der Waals surface area contributed by atoms with E-state index < -0.39 is 5.97 Å². The number of nitrogens with two attached hydrogens (primary N) is 1. The van der Waals surface area contributed by atoms with Gasteiger partial charge in [0.25, 0.3) is 0 Å². The number of esters is 1. The highest BCUT2D eigenvalue weighted by atomic mass is 32.2. The fourth-order valence-electron chi connectivity index (χ4n) is 2.29. The van der Waals surface area contributed by atoms with E-state index in [9.17, 15) is 10.1 Å². The fourth-order valence-corrected chi connectivity index (χ4v) is 4.51. The first-order chi connectivity index (χ1) is 10.1. The first-order valence-electron chi connectivity index (χ1n) is 6.98. The van der Waals surface area contributed by atoms with Gasteiger partial charge in [-0.15, -0.1) is 11.3 Å². The van der Waals surface area contributed by atoms with Crippen molar-refractivity contribution in [3.8, 4) is 6.07 Å². The number of hydrogen-bond donors (Lipinski definition) is 1. The van der Waals surface area contributed by atoms with Gasteiger partial charge in [0.1, 0.15) is 21.5 Å². The van der Waals surface area contributed by atoms with Crippen molar-refractivity contribution in [1.29, 1.82) is 5.26 Å². The van der Waals surface area contributed by atoms with Crippen molar-refractivity contribution in [1.82, 2.24) is 0 Å². The Kier molecular flexibility index (Phi) is 5.37. The van der Waals surface area contributed by atoms with Crippen LogP contribution in [0.5, 0.6) is 0 Å². The van der Waals surface area contributed by atoms with Gasteiger partial charge in [0.2, 0.25) is 0 Å². The molecule has 114 valence electrons. The Bertz CT molecular complexity index is 565. The Hall–Kier alpha value is -1.39. The number of nitrogen functional groups attached to an aromatic ring is 1. The maximum Gasteiger partial charge on any atom is 0.343 e. The number of rotatable bonds is 4. The van der Waals surface area contributed by atoms with E-state index in [1.165, 1.54) is 11.3 Å². The highest BCUT2D eigenvalue weighted by Crippen LogP contribution is 2.40. The van der Waals surface area contributed by atoms with E-state index in [-0.39, 0.29) is 5.69 Å². The van der Waals surface area contributed by atoms with Crippen LogP contribution in [0.25, 0.3) is 0 Å². The molecule has 7 heteroatoms. The molecule has 0 aromatic carbocycles. The largest absolute Gasteiger partial charge is 0.462 e. The zero-order chi connectivity index (χ0) is 15.4. The molecule has 1 aliphatic heterocycles. The van der Waals surface area contributed by atoms with Crippen LogP contribution in [-0.2, 0) is 4.74 Å². The number of ether oxygens (including phenoxy) is 1. The second-order valence-corrected chi connectivity index (χ2v) is 7.11. The number of thioether (sulfide) groups is 1. The third-order valence-electron chi connectivity index (χ3n) is 3.39. The highest BCUT2D eigenvalue weighted by Gasteiger charge is 2.29. The molecule has 1 fully saturated rings. The minimum Gasteiger partial charge on any atom is -0.462 e. The van der Waals surface area contributed by atoms with E-state index in [0.29, 0.717) is 22.3 Å². The van der Waals surface area contributed by atoms with Gasteiger partial charge in [-0.3, -0.25) is 0 Å². The van der Waals surface area contributed by atoms with Gasteiger partial charge < -0.3 is 15.4 Å². The van der Waals surface area contributed by atoms with Gasteiger partial charge >= 0.3 is 5.97 Å². The van der Waals surface area contributed by atoms with Crippen molar-refractivity contribution >= 4 is 39.8 Å². The standard InChI is InChI=1S/C14H19N3O2S2/c1-3-9-8-17(5-6-20-9)13-11(14(18)19-4-2)12(16)10(7-15)21-13/h9H,3-6,8,16H2,1-2H3. The van der Waals surface area contributed by atoms with Crippen molar-refractivity contribution in [3.05, 3.63) is 10.4 Å². The monoisotopic (exact) mass is 325 g/mol. The summed E-state index contributed by atoms with van der Waals surface area (Å²) in [5.74, 6) is 0.578. The summed E-state index contributed by atoms with van der Waals surface area (Å²) >= 11 is 3.24. The normalized spacial score (nSPS) is 18.3. The average Bonchev–Trinajstić information content (AvgIpc) is 2.84. The smallest absolute Gasteiger partial charge is 0.343 e. The lowest BCUT2D eigenvalue weighted by atomic mass is 10.2. The number of thiophene rings is 1. The summed E-state index contributed by atoms with van der Waals surface area (Å²) in [5.41, 5.74) is 6.59. The van der Waals surface area contributed by atoms with E-state index in [1.807, 2.05) is 11.8 Å². The van der Waals surface area contributed by atoms with Crippen LogP contribution < -0.4 is 10.6 Å². The SMILES string of the molecule is CCOC(=O)c1c(N2CCSC(CC)C2)sc(C#N)c1N. The molecule has 0 radical (unpaired) electrons. The van der Waals surface area contributed by atoms with E-state index in [4.69, 9.17) is 10.5 Å². The highest BCUT2D eigenvalue weighted by molar-refractivity contribution is 8.00. The Morgan fingerprint density at radius 2 is 2.33 bits per heavy atom. The maximum atomic E-state index is 12.2. The molecule has 1 aromatic rings. The number of carbonyl (C=O) groups excluding carboxylic acids is 1. The minimum atomic E-state index is -0.436. The molecule has 0 spiro atoms. The number of nitrogens with zero attached hydrogens (tertiary/aromatic N) is 2. The molecule has 0 bridgehead atoms. The summed E-state index contributed by atoms with van der Waals surface area (Å²) in [6, 6.07) is 2.07. The van der Waals surface area contributed by atoms with Crippen LogP contribution in [0.15, 0.2) is 0 Å². The van der Waals surface area contributed by atoms with E-state index in [1.54, 1.807) is 6.92 Å². The fraction of sp³-hybridized carbons (Fsp3) is 0.571. The lowest BCUT2D eigenvalue weighted by Crippen LogP contribution is -2.38. The lowest BCUT2D eigenvalue weighted by Gasteiger charge is -2.33. The van der Waals surface area contributed by atoms with Crippen LogP contribution in [0, 0.1) is 11.3 Å². The molecule has 0 amide bonds. The summed E-state index contributed by atoms with van der Waals surface area (Å²) in [4.78, 5) is 14.7. The third-order valence-corrected chi connectivity index (χ3v) is 5.93. The molecular formula is C14H19N3O2S2. The van der Waals surface area contributed by atoms with Gasteiger partial charge in [0.05, 0.1) is 12.3 Å². The first kappa shape index (κ1) is 16.0. The van der Waals surface area contributed by atoms with Crippen molar-refractivity contribution < 1.29 is 9.53 Å².